The Morgan fingerprint density at radius 2 is 1.44 bits per heavy atom. The third-order valence-electron chi connectivity index (χ3n) is 2.12. The molecule has 1 unspecified atom stereocenters. The quantitative estimate of drug-likeness (QED) is 0.771. The van der Waals surface area contributed by atoms with E-state index in [0.29, 0.717) is 5.75 Å². The Morgan fingerprint density at radius 3 is 1.83 bits per heavy atom. The molecule has 0 aliphatic rings. The van der Waals surface area contributed by atoms with Gasteiger partial charge in [0.1, 0.15) is 0 Å². The Labute approximate surface area is 111 Å². The SMILES string of the molecule is CS(Cc1ccccc1)=C(S(C)(=O)=O)S(C)(=O)=O. The van der Waals surface area contributed by atoms with Gasteiger partial charge in [0.25, 0.3) is 0 Å². The van der Waals surface area contributed by atoms with Crippen molar-refractivity contribution in [1.29, 1.82) is 0 Å². The first-order chi connectivity index (χ1) is 8.12. The van der Waals surface area contributed by atoms with Crippen molar-refractivity contribution < 1.29 is 16.8 Å². The van der Waals surface area contributed by atoms with Crippen molar-refractivity contribution in [2.24, 2.45) is 0 Å². The monoisotopic (exact) mass is 308 g/mol. The van der Waals surface area contributed by atoms with Crippen molar-refractivity contribution in [3.8, 4) is 0 Å². The highest BCUT2D eigenvalue weighted by molar-refractivity contribution is 8.47. The number of benzene rings is 1. The van der Waals surface area contributed by atoms with Crippen LogP contribution in [0.4, 0.5) is 0 Å². The van der Waals surface area contributed by atoms with Crippen LogP contribution in [0, 0.1) is 0 Å². The normalized spacial score (nSPS) is 14.2. The van der Waals surface area contributed by atoms with Crippen molar-refractivity contribution in [2.75, 3.05) is 18.8 Å². The highest BCUT2D eigenvalue weighted by Gasteiger charge is 2.25. The van der Waals surface area contributed by atoms with Gasteiger partial charge >= 0.3 is 0 Å². The van der Waals surface area contributed by atoms with Crippen molar-refractivity contribution >= 4 is 33.7 Å². The van der Waals surface area contributed by atoms with Crippen LogP contribution in [0.25, 0.3) is 0 Å². The van der Waals surface area contributed by atoms with E-state index in [9.17, 15) is 16.8 Å². The third kappa shape index (κ3) is 4.22. The summed E-state index contributed by atoms with van der Waals surface area (Å²) in [7, 11) is -8.26. The van der Waals surface area contributed by atoms with Crippen LogP contribution < -0.4 is 0 Å². The number of rotatable bonds is 2. The molecule has 0 aliphatic heterocycles. The minimum absolute atomic E-state index is 0.362. The zero-order valence-electron chi connectivity index (χ0n) is 10.5. The van der Waals surface area contributed by atoms with Gasteiger partial charge in [-0.05, 0) is 11.8 Å². The molecule has 1 atom stereocenters. The minimum atomic E-state index is -3.70. The summed E-state index contributed by atoms with van der Waals surface area (Å²) in [6.07, 6.45) is 3.53. The van der Waals surface area contributed by atoms with Crippen LogP contribution in [0.15, 0.2) is 30.3 Å². The maximum absolute atomic E-state index is 11.6. The highest BCUT2D eigenvalue weighted by Crippen LogP contribution is 2.22. The average Bonchev–Trinajstić information content (AvgIpc) is 2.13. The molecule has 0 N–H and O–H groups in total. The van der Waals surface area contributed by atoms with Crippen molar-refractivity contribution in [3.05, 3.63) is 35.9 Å². The van der Waals surface area contributed by atoms with Gasteiger partial charge < -0.3 is 0 Å². The van der Waals surface area contributed by atoms with Crippen LogP contribution in [0.3, 0.4) is 0 Å². The summed E-state index contributed by atoms with van der Waals surface area (Å²) in [6, 6.07) is 9.24. The lowest BCUT2D eigenvalue weighted by Gasteiger charge is -2.10. The Kier molecular flexibility index (Phi) is 4.74. The van der Waals surface area contributed by atoms with Crippen molar-refractivity contribution in [3.63, 3.8) is 0 Å². The fourth-order valence-electron chi connectivity index (χ4n) is 1.67. The van der Waals surface area contributed by atoms with Crippen LogP contribution in [0.1, 0.15) is 5.56 Å². The second kappa shape index (κ2) is 5.54. The van der Waals surface area contributed by atoms with Gasteiger partial charge in [-0.1, -0.05) is 30.3 Å². The number of sulfone groups is 2. The van der Waals surface area contributed by atoms with E-state index in [0.717, 1.165) is 18.1 Å². The molecule has 0 radical (unpaired) electrons. The lowest BCUT2D eigenvalue weighted by molar-refractivity contribution is 0.609. The average molecular weight is 308 g/mol. The topological polar surface area (TPSA) is 68.3 Å². The molecule has 1 aromatic rings. The van der Waals surface area contributed by atoms with Gasteiger partial charge in [-0.15, -0.1) is 0 Å². The summed E-state index contributed by atoms with van der Waals surface area (Å²) in [5.41, 5.74) is 0.924. The molecule has 0 amide bonds. The van der Waals surface area contributed by atoms with E-state index < -0.39 is 30.2 Å². The molecule has 102 valence electrons. The Hall–Kier alpha value is -0.660. The highest BCUT2D eigenvalue weighted by atomic mass is 32.3. The van der Waals surface area contributed by atoms with Crippen molar-refractivity contribution in [2.45, 2.75) is 5.75 Å². The maximum atomic E-state index is 11.6. The summed E-state index contributed by atoms with van der Waals surface area (Å²) >= 11 is 0. The van der Waals surface area contributed by atoms with Gasteiger partial charge in [0.05, 0.1) is 0 Å². The molecule has 0 saturated heterocycles. The largest absolute Gasteiger partial charge is 0.223 e. The summed E-state index contributed by atoms with van der Waals surface area (Å²) in [4.78, 5) is 0. The van der Waals surface area contributed by atoms with Crippen LogP contribution in [0.5, 0.6) is 0 Å². The molecule has 0 saturated carbocycles. The van der Waals surface area contributed by atoms with E-state index in [1.165, 1.54) is 0 Å². The summed E-state index contributed by atoms with van der Waals surface area (Å²) in [6.45, 7) is 0. The molecule has 1 aromatic carbocycles. The zero-order chi connectivity index (χ0) is 14.0. The van der Waals surface area contributed by atoms with Gasteiger partial charge in [-0.3, -0.25) is 0 Å². The summed E-state index contributed by atoms with van der Waals surface area (Å²) in [5, 5.41) is 0. The third-order valence-corrected chi connectivity index (χ3v) is 10.0. The lowest BCUT2D eigenvalue weighted by Crippen LogP contribution is -2.23. The Morgan fingerprint density at radius 1 is 1.00 bits per heavy atom. The first kappa shape index (κ1) is 15.4. The minimum Gasteiger partial charge on any atom is -0.223 e. The van der Waals surface area contributed by atoms with Gasteiger partial charge in [-0.2, -0.15) is 10.5 Å². The van der Waals surface area contributed by atoms with Gasteiger partial charge in [-0.25, -0.2) is 16.8 Å². The van der Waals surface area contributed by atoms with Gasteiger partial charge in [0.2, 0.25) is 0 Å². The summed E-state index contributed by atoms with van der Waals surface area (Å²) < 4.78 is 46.0. The zero-order valence-corrected chi connectivity index (χ0v) is 12.9. The van der Waals surface area contributed by atoms with Crippen LogP contribution in [-0.4, -0.2) is 39.1 Å². The molecule has 4 nitrogen and oxygen atoms in total. The van der Waals surface area contributed by atoms with E-state index in [2.05, 4.69) is 0 Å². The van der Waals surface area contributed by atoms with E-state index >= 15 is 0 Å². The molecule has 18 heavy (non-hydrogen) atoms. The van der Waals surface area contributed by atoms with Gasteiger partial charge in [0.15, 0.2) is 23.2 Å². The van der Waals surface area contributed by atoms with Crippen LogP contribution >= 0.6 is 10.5 Å². The fraction of sp³-hybridized carbons (Fsp3) is 0.364. The molecule has 1 rings (SSSR count). The standard InChI is InChI=1S/C11H16O4S3/c1-16(9-10-7-5-4-6-8-10)11(17(2,12)13)18(3,14)15/h4-8H,9H2,1-3H3. The summed E-state index contributed by atoms with van der Waals surface area (Å²) in [5.74, 6) is 0.413. The van der Waals surface area contributed by atoms with Gasteiger partial charge in [0, 0.05) is 18.3 Å². The number of hydrogen-bond donors (Lipinski definition) is 0. The molecule has 0 aliphatic carbocycles. The Bertz CT molecular complexity index is 621. The van der Waals surface area contributed by atoms with E-state index in [1.54, 1.807) is 6.26 Å². The second-order valence-corrected chi connectivity index (χ2v) is 10.7. The molecule has 7 heteroatoms. The molecule has 0 bridgehead atoms. The lowest BCUT2D eigenvalue weighted by atomic mass is 10.2. The molecule has 0 heterocycles. The number of hydrogen-bond acceptors (Lipinski definition) is 4. The second-order valence-electron chi connectivity index (χ2n) is 4.06. The molecule has 0 aromatic heterocycles. The smallest absolute Gasteiger partial charge is 0.191 e. The molecular weight excluding hydrogens is 292 g/mol. The molecule has 0 fully saturated rings. The van der Waals surface area contributed by atoms with E-state index in [-0.39, 0.29) is 3.53 Å². The first-order valence-electron chi connectivity index (χ1n) is 5.06. The predicted molar refractivity (Wildman–Crippen MR) is 78.4 cm³/mol. The fourth-order valence-corrected chi connectivity index (χ4v) is 9.17. The van der Waals surface area contributed by atoms with Crippen LogP contribution in [-0.2, 0) is 25.4 Å². The predicted octanol–water partition coefficient (Wildman–Crippen LogP) is 1.26. The maximum Gasteiger partial charge on any atom is 0.191 e. The first-order valence-corrected chi connectivity index (χ1v) is 10.6. The van der Waals surface area contributed by atoms with E-state index in [4.69, 9.17) is 0 Å². The van der Waals surface area contributed by atoms with Crippen molar-refractivity contribution in [1.82, 2.24) is 0 Å². The molecule has 0 spiro atoms. The van der Waals surface area contributed by atoms with Crippen LogP contribution in [0.2, 0.25) is 0 Å². The molecular formula is C11H16O4S3. The Balaban J connectivity index is 3.32. The van der Waals surface area contributed by atoms with E-state index in [1.807, 2.05) is 30.3 Å².